The van der Waals surface area contributed by atoms with Crippen LogP contribution in [0.25, 0.3) is 0 Å². The first-order chi connectivity index (χ1) is 8.15. The molecule has 0 N–H and O–H groups in total. The molecule has 0 spiro atoms. The molecule has 0 amide bonds. The second-order valence-corrected chi connectivity index (χ2v) is 4.03. The Hall–Kier alpha value is -1.64. The Morgan fingerprint density at radius 1 is 1.24 bits per heavy atom. The van der Waals surface area contributed by atoms with Crippen LogP contribution in [0.1, 0.15) is 32.3 Å². The van der Waals surface area contributed by atoms with Crippen LogP contribution >= 0.6 is 0 Å². The molecule has 0 aliphatic heterocycles. The molecule has 0 saturated carbocycles. The van der Waals surface area contributed by atoms with Crippen LogP contribution in [0, 0.1) is 5.92 Å². The van der Waals surface area contributed by atoms with Crippen molar-refractivity contribution >= 4 is 11.8 Å². The lowest BCUT2D eigenvalue weighted by Crippen LogP contribution is -2.23. The van der Waals surface area contributed by atoms with Crippen molar-refractivity contribution in [3.8, 4) is 0 Å². The number of hydrogen-bond acceptors (Lipinski definition) is 3. The zero-order chi connectivity index (χ0) is 12.7. The van der Waals surface area contributed by atoms with Crippen LogP contribution in [0.5, 0.6) is 0 Å². The zero-order valence-electron chi connectivity index (χ0n) is 10.3. The summed E-state index contributed by atoms with van der Waals surface area (Å²) in [6.45, 7) is 3.74. The van der Waals surface area contributed by atoms with Gasteiger partial charge in [-0.25, -0.2) is 0 Å². The summed E-state index contributed by atoms with van der Waals surface area (Å²) in [7, 11) is 0. The maximum atomic E-state index is 11.6. The second-order valence-electron chi connectivity index (χ2n) is 4.03. The van der Waals surface area contributed by atoms with E-state index in [-0.39, 0.29) is 12.4 Å². The molecule has 0 bridgehead atoms. The Balaban J connectivity index is 2.42. The number of benzene rings is 1. The average Bonchev–Trinajstić information content (AvgIpc) is 2.36. The molecule has 1 aromatic rings. The summed E-state index contributed by atoms with van der Waals surface area (Å²) >= 11 is 0. The molecule has 1 aromatic carbocycles. The van der Waals surface area contributed by atoms with Gasteiger partial charge in [0.2, 0.25) is 0 Å². The number of Topliss-reactive ketones (excluding diaryl/α,β-unsaturated/α-hetero) is 1. The quantitative estimate of drug-likeness (QED) is 0.561. The van der Waals surface area contributed by atoms with Gasteiger partial charge in [-0.3, -0.25) is 9.59 Å². The fourth-order valence-corrected chi connectivity index (χ4v) is 1.45. The lowest BCUT2D eigenvalue weighted by molar-refractivity contribution is -0.152. The molecule has 0 saturated heterocycles. The molecule has 1 unspecified atom stereocenters. The van der Waals surface area contributed by atoms with E-state index in [2.05, 4.69) is 0 Å². The number of esters is 1. The summed E-state index contributed by atoms with van der Waals surface area (Å²) in [5, 5.41) is 0. The molecule has 0 heterocycles. The third kappa shape index (κ3) is 4.39. The van der Waals surface area contributed by atoms with E-state index in [4.69, 9.17) is 4.74 Å². The highest BCUT2D eigenvalue weighted by Gasteiger charge is 2.21. The van der Waals surface area contributed by atoms with Gasteiger partial charge in [0, 0.05) is 6.42 Å². The van der Waals surface area contributed by atoms with Gasteiger partial charge in [-0.2, -0.15) is 0 Å². The van der Waals surface area contributed by atoms with E-state index in [1.807, 2.05) is 37.3 Å². The smallest absolute Gasteiger partial charge is 0.316 e. The third-order valence-corrected chi connectivity index (χ3v) is 2.56. The normalized spacial score (nSPS) is 11.9. The highest BCUT2D eigenvalue weighted by atomic mass is 16.5. The summed E-state index contributed by atoms with van der Waals surface area (Å²) in [5.41, 5.74) is 0.927. The molecular weight excluding hydrogens is 216 g/mol. The number of rotatable bonds is 6. The van der Waals surface area contributed by atoms with E-state index in [0.29, 0.717) is 6.42 Å². The molecule has 17 heavy (non-hydrogen) atoms. The van der Waals surface area contributed by atoms with Crippen molar-refractivity contribution in [2.24, 2.45) is 5.92 Å². The van der Waals surface area contributed by atoms with E-state index < -0.39 is 11.9 Å². The van der Waals surface area contributed by atoms with Crippen molar-refractivity contribution in [3.63, 3.8) is 0 Å². The summed E-state index contributed by atoms with van der Waals surface area (Å²) in [4.78, 5) is 23.1. The Morgan fingerprint density at radius 2 is 1.88 bits per heavy atom. The Labute approximate surface area is 102 Å². The minimum atomic E-state index is -0.654. The van der Waals surface area contributed by atoms with E-state index >= 15 is 0 Å². The highest BCUT2D eigenvalue weighted by Crippen LogP contribution is 2.08. The SMILES string of the molecule is CCCC(=O)C(C)C(=O)OCc1ccccc1. The first kappa shape index (κ1) is 13.4. The van der Waals surface area contributed by atoms with Crippen molar-refractivity contribution in [2.75, 3.05) is 0 Å². The summed E-state index contributed by atoms with van der Waals surface area (Å²) < 4.78 is 5.10. The predicted molar refractivity (Wildman–Crippen MR) is 65.3 cm³/mol. The molecular formula is C14H18O3. The molecule has 0 aliphatic carbocycles. The van der Waals surface area contributed by atoms with Gasteiger partial charge in [-0.1, -0.05) is 37.3 Å². The lowest BCUT2D eigenvalue weighted by atomic mass is 10.0. The summed E-state index contributed by atoms with van der Waals surface area (Å²) in [6.07, 6.45) is 1.19. The number of carbonyl (C=O) groups excluding carboxylic acids is 2. The minimum Gasteiger partial charge on any atom is -0.460 e. The van der Waals surface area contributed by atoms with Gasteiger partial charge in [-0.15, -0.1) is 0 Å². The maximum Gasteiger partial charge on any atom is 0.316 e. The Morgan fingerprint density at radius 3 is 2.47 bits per heavy atom. The molecule has 0 aliphatic rings. The molecule has 92 valence electrons. The standard InChI is InChI=1S/C14H18O3/c1-3-7-13(15)11(2)14(16)17-10-12-8-5-4-6-9-12/h4-6,8-9,11H,3,7,10H2,1-2H3. The van der Waals surface area contributed by atoms with E-state index in [1.54, 1.807) is 6.92 Å². The molecule has 3 heteroatoms. The van der Waals surface area contributed by atoms with Crippen LogP contribution in [0.4, 0.5) is 0 Å². The number of ether oxygens (including phenoxy) is 1. The summed E-state index contributed by atoms with van der Waals surface area (Å²) in [5.74, 6) is -1.14. The van der Waals surface area contributed by atoms with Gasteiger partial charge in [0.15, 0.2) is 0 Å². The van der Waals surface area contributed by atoms with Crippen molar-refractivity contribution < 1.29 is 14.3 Å². The van der Waals surface area contributed by atoms with Crippen LogP contribution in [0.2, 0.25) is 0 Å². The van der Waals surface area contributed by atoms with Crippen LogP contribution in [0.15, 0.2) is 30.3 Å². The van der Waals surface area contributed by atoms with Crippen molar-refractivity contribution in [2.45, 2.75) is 33.3 Å². The van der Waals surface area contributed by atoms with Gasteiger partial charge in [-0.05, 0) is 18.9 Å². The monoisotopic (exact) mass is 234 g/mol. The Bertz CT molecular complexity index is 370. The zero-order valence-corrected chi connectivity index (χ0v) is 10.3. The molecule has 1 atom stereocenters. The highest BCUT2D eigenvalue weighted by molar-refractivity contribution is 5.98. The lowest BCUT2D eigenvalue weighted by Gasteiger charge is -2.10. The van der Waals surface area contributed by atoms with Gasteiger partial charge in [0.25, 0.3) is 0 Å². The van der Waals surface area contributed by atoms with E-state index in [0.717, 1.165) is 12.0 Å². The van der Waals surface area contributed by atoms with E-state index in [9.17, 15) is 9.59 Å². The number of hydrogen-bond donors (Lipinski definition) is 0. The van der Waals surface area contributed by atoms with Crippen LogP contribution in [-0.4, -0.2) is 11.8 Å². The number of ketones is 1. The molecule has 0 radical (unpaired) electrons. The van der Waals surface area contributed by atoms with Gasteiger partial charge in [0.1, 0.15) is 18.3 Å². The van der Waals surface area contributed by atoms with E-state index in [1.165, 1.54) is 0 Å². The number of carbonyl (C=O) groups is 2. The Kier molecular flexibility index (Phi) is 5.40. The second kappa shape index (κ2) is 6.84. The first-order valence-corrected chi connectivity index (χ1v) is 5.88. The van der Waals surface area contributed by atoms with Crippen molar-refractivity contribution in [1.29, 1.82) is 0 Å². The summed E-state index contributed by atoms with van der Waals surface area (Å²) in [6, 6.07) is 9.43. The van der Waals surface area contributed by atoms with Crippen molar-refractivity contribution in [3.05, 3.63) is 35.9 Å². The van der Waals surface area contributed by atoms with Gasteiger partial charge < -0.3 is 4.74 Å². The van der Waals surface area contributed by atoms with Crippen LogP contribution in [0.3, 0.4) is 0 Å². The van der Waals surface area contributed by atoms with Gasteiger partial charge in [0.05, 0.1) is 0 Å². The van der Waals surface area contributed by atoms with Crippen LogP contribution < -0.4 is 0 Å². The third-order valence-electron chi connectivity index (χ3n) is 2.56. The predicted octanol–water partition coefficient (Wildman–Crippen LogP) is 2.74. The fraction of sp³-hybridized carbons (Fsp3) is 0.429. The molecule has 3 nitrogen and oxygen atoms in total. The largest absolute Gasteiger partial charge is 0.460 e. The first-order valence-electron chi connectivity index (χ1n) is 5.88. The fourth-order valence-electron chi connectivity index (χ4n) is 1.45. The van der Waals surface area contributed by atoms with Crippen molar-refractivity contribution in [1.82, 2.24) is 0 Å². The maximum absolute atomic E-state index is 11.6. The topological polar surface area (TPSA) is 43.4 Å². The molecule has 0 fully saturated rings. The van der Waals surface area contributed by atoms with Crippen LogP contribution in [-0.2, 0) is 20.9 Å². The minimum absolute atomic E-state index is 0.0504. The average molecular weight is 234 g/mol. The molecule has 0 aromatic heterocycles. The van der Waals surface area contributed by atoms with Gasteiger partial charge >= 0.3 is 5.97 Å². The molecule has 1 rings (SSSR count).